The van der Waals surface area contributed by atoms with Crippen molar-refractivity contribution >= 4 is 17.4 Å². The molecule has 0 aliphatic carbocycles. The lowest BCUT2D eigenvalue weighted by Crippen LogP contribution is -2.36. The zero-order chi connectivity index (χ0) is 11.5. The third kappa shape index (κ3) is 2.71. The first-order valence-corrected chi connectivity index (χ1v) is 6.86. The number of hydrogen-bond donors (Lipinski definition) is 1. The second-order valence-electron chi connectivity index (χ2n) is 4.39. The molecule has 1 fully saturated rings. The van der Waals surface area contributed by atoms with E-state index in [1.54, 1.807) is 6.92 Å². The van der Waals surface area contributed by atoms with Crippen LogP contribution in [0.25, 0.3) is 0 Å². The van der Waals surface area contributed by atoms with Gasteiger partial charge in [-0.2, -0.15) is 11.8 Å². The Kier molecular flexibility index (Phi) is 3.77. The van der Waals surface area contributed by atoms with Gasteiger partial charge in [-0.1, -0.05) is 19.1 Å². The highest BCUT2D eigenvalue weighted by Gasteiger charge is 2.16. The minimum absolute atomic E-state index is 0.370. The summed E-state index contributed by atoms with van der Waals surface area (Å²) in [5, 5.41) is 10.2. The number of benzene rings is 1. The van der Waals surface area contributed by atoms with Crippen molar-refractivity contribution in [2.75, 3.05) is 23.7 Å². The number of thioether (sulfide) groups is 1. The normalized spacial score (nSPS) is 23.2. The molecule has 16 heavy (non-hydrogen) atoms. The Bertz CT molecular complexity index is 336. The number of aliphatic hydroxyl groups excluding tert-OH is 1. The maximum absolute atomic E-state index is 9.45. The van der Waals surface area contributed by atoms with Crippen LogP contribution in [0.15, 0.2) is 24.3 Å². The van der Waals surface area contributed by atoms with E-state index in [-0.39, 0.29) is 6.10 Å². The summed E-state index contributed by atoms with van der Waals surface area (Å²) in [6, 6.07) is 8.27. The van der Waals surface area contributed by atoms with Gasteiger partial charge in [0.05, 0.1) is 6.10 Å². The van der Waals surface area contributed by atoms with E-state index in [1.807, 2.05) is 23.9 Å². The second kappa shape index (κ2) is 5.11. The molecule has 0 aromatic heterocycles. The van der Waals surface area contributed by atoms with Crippen molar-refractivity contribution in [1.29, 1.82) is 0 Å². The Morgan fingerprint density at radius 2 is 2.06 bits per heavy atom. The van der Waals surface area contributed by atoms with E-state index in [0.717, 1.165) is 18.7 Å². The van der Waals surface area contributed by atoms with Crippen LogP contribution in [0.5, 0.6) is 0 Å². The van der Waals surface area contributed by atoms with Gasteiger partial charge in [0.25, 0.3) is 0 Å². The fourth-order valence-electron chi connectivity index (χ4n) is 2.02. The molecular formula is C13H19NOS. The van der Waals surface area contributed by atoms with Gasteiger partial charge in [-0.15, -0.1) is 0 Å². The molecule has 1 saturated heterocycles. The molecule has 1 N–H and O–H groups in total. The summed E-state index contributed by atoms with van der Waals surface area (Å²) in [5.41, 5.74) is 2.26. The standard InChI is InChI=1S/C13H19NOS/c1-10-9-14(7-8-16-10)13-5-3-12(4-6-13)11(2)15/h3-6,10-11,15H,7-9H2,1-2H3. The minimum Gasteiger partial charge on any atom is -0.389 e. The van der Waals surface area contributed by atoms with Crippen LogP contribution in [0, 0.1) is 0 Å². The molecule has 1 aromatic rings. The van der Waals surface area contributed by atoms with Crippen LogP contribution in [0.1, 0.15) is 25.5 Å². The van der Waals surface area contributed by atoms with Gasteiger partial charge in [-0.3, -0.25) is 0 Å². The van der Waals surface area contributed by atoms with Crippen molar-refractivity contribution in [2.45, 2.75) is 25.2 Å². The Labute approximate surface area is 102 Å². The van der Waals surface area contributed by atoms with Crippen LogP contribution < -0.4 is 4.90 Å². The van der Waals surface area contributed by atoms with Crippen LogP contribution in [0.4, 0.5) is 5.69 Å². The molecule has 88 valence electrons. The third-order valence-electron chi connectivity index (χ3n) is 2.98. The van der Waals surface area contributed by atoms with E-state index in [0.29, 0.717) is 5.25 Å². The van der Waals surface area contributed by atoms with Gasteiger partial charge in [0.15, 0.2) is 0 Å². The highest BCUT2D eigenvalue weighted by atomic mass is 32.2. The van der Waals surface area contributed by atoms with Gasteiger partial charge in [0.1, 0.15) is 0 Å². The maximum Gasteiger partial charge on any atom is 0.0761 e. The zero-order valence-electron chi connectivity index (χ0n) is 9.89. The summed E-state index contributed by atoms with van der Waals surface area (Å²) < 4.78 is 0. The molecule has 0 bridgehead atoms. The first-order chi connectivity index (χ1) is 7.66. The van der Waals surface area contributed by atoms with Crippen LogP contribution in [0.3, 0.4) is 0 Å². The van der Waals surface area contributed by atoms with E-state index >= 15 is 0 Å². The molecule has 2 atom stereocenters. The van der Waals surface area contributed by atoms with E-state index in [1.165, 1.54) is 11.4 Å². The fourth-order valence-corrected chi connectivity index (χ4v) is 3.03. The lowest BCUT2D eigenvalue weighted by atomic mass is 10.1. The lowest BCUT2D eigenvalue weighted by molar-refractivity contribution is 0.199. The smallest absolute Gasteiger partial charge is 0.0761 e. The summed E-state index contributed by atoms with van der Waals surface area (Å²) in [6.45, 7) is 6.33. The monoisotopic (exact) mass is 237 g/mol. The first-order valence-electron chi connectivity index (χ1n) is 5.81. The highest BCUT2D eigenvalue weighted by molar-refractivity contribution is 8.00. The summed E-state index contributed by atoms with van der Waals surface area (Å²) in [6.07, 6.45) is -0.370. The van der Waals surface area contributed by atoms with Crippen LogP contribution in [0.2, 0.25) is 0 Å². The molecule has 0 amide bonds. The van der Waals surface area contributed by atoms with Crippen LogP contribution in [-0.4, -0.2) is 29.2 Å². The first kappa shape index (κ1) is 11.8. The molecule has 2 unspecified atom stereocenters. The average molecular weight is 237 g/mol. The highest BCUT2D eigenvalue weighted by Crippen LogP contribution is 2.25. The quantitative estimate of drug-likeness (QED) is 0.855. The Hall–Kier alpha value is -0.670. The number of rotatable bonds is 2. The minimum atomic E-state index is -0.370. The number of hydrogen-bond acceptors (Lipinski definition) is 3. The fraction of sp³-hybridized carbons (Fsp3) is 0.538. The molecule has 0 spiro atoms. The molecule has 1 heterocycles. The lowest BCUT2D eigenvalue weighted by Gasteiger charge is -2.32. The zero-order valence-corrected chi connectivity index (χ0v) is 10.7. The predicted octanol–water partition coefficient (Wildman–Crippen LogP) is 2.68. The summed E-state index contributed by atoms with van der Waals surface area (Å²) in [5.74, 6) is 1.21. The number of anilines is 1. The Balaban J connectivity index is 2.09. The van der Waals surface area contributed by atoms with Crippen molar-refractivity contribution in [3.05, 3.63) is 29.8 Å². The topological polar surface area (TPSA) is 23.5 Å². The molecule has 0 saturated carbocycles. The van der Waals surface area contributed by atoms with E-state index < -0.39 is 0 Å². The van der Waals surface area contributed by atoms with Crippen LogP contribution in [-0.2, 0) is 0 Å². The van der Waals surface area contributed by atoms with Crippen molar-refractivity contribution < 1.29 is 5.11 Å². The summed E-state index contributed by atoms with van der Waals surface area (Å²) in [4.78, 5) is 2.42. The number of aliphatic hydroxyl groups is 1. The summed E-state index contributed by atoms with van der Waals surface area (Å²) >= 11 is 2.04. The molecule has 3 heteroatoms. The molecule has 1 aromatic carbocycles. The second-order valence-corrected chi connectivity index (χ2v) is 5.94. The Morgan fingerprint density at radius 3 is 2.62 bits per heavy atom. The van der Waals surface area contributed by atoms with Crippen molar-refractivity contribution in [3.63, 3.8) is 0 Å². The van der Waals surface area contributed by atoms with Gasteiger partial charge in [0.2, 0.25) is 0 Å². The van der Waals surface area contributed by atoms with Gasteiger partial charge >= 0.3 is 0 Å². The van der Waals surface area contributed by atoms with Crippen LogP contribution >= 0.6 is 11.8 Å². The van der Waals surface area contributed by atoms with E-state index in [4.69, 9.17) is 0 Å². The molecule has 2 rings (SSSR count). The van der Waals surface area contributed by atoms with Gasteiger partial charge in [0, 0.05) is 29.8 Å². The maximum atomic E-state index is 9.45. The molecule has 1 aliphatic rings. The molecule has 1 aliphatic heterocycles. The Morgan fingerprint density at radius 1 is 1.38 bits per heavy atom. The predicted molar refractivity (Wildman–Crippen MR) is 71.2 cm³/mol. The van der Waals surface area contributed by atoms with Gasteiger partial charge < -0.3 is 10.0 Å². The molecular weight excluding hydrogens is 218 g/mol. The number of nitrogens with zero attached hydrogens (tertiary/aromatic N) is 1. The third-order valence-corrected chi connectivity index (χ3v) is 4.12. The van der Waals surface area contributed by atoms with Gasteiger partial charge in [-0.25, -0.2) is 0 Å². The van der Waals surface area contributed by atoms with E-state index in [9.17, 15) is 5.11 Å². The van der Waals surface area contributed by atoms with Crippen molar-refractivity contribution in [3.8, 4) is 0 Å². The largest absolute Gasteiger partial charge is 0.389 e. The molecule has 2 nitrogen and oxygen atoms in total. The van der Waals surface area contributed by atoms with Crippen molar-refractivity contribution in [1.82, 2.24) is 0 Å². The van der Waals surface area contributed by atoms with E-state index in [2.05, 4.69) is 24.0 Å². The summed E-state index contributed by atoms with van der Waals surface area (Å²) in [7, 11) is 0. The molecule has 0 radical (unpaired) electrons. The van der Waals surface area contributed by atoms with Crippen molar-refractivity contribution in [2.24, 2.45) is 0 Å². The average Bonchev–Trinajstić information content (AvgIpc) is 2.29. The SMILES string of the molecule is CC1CN(c2ccc(C(C)O)cc2)CCS1. The van der Waals surface area contributed by atoms with Gasteiger partial charge in [-0.05, 0) is 24.6 Å².